The van der Waals surface area contributed by atoms with E-state index in [4.69, 9.17) is 0 Å². The van der Waals surface area contributed by atoms with Gasteiger partial charge in [-0.3, -0.25) is 4.99 Å². The molecule has 0 saturated carbocycles. The van der Waals surface area contributed by atoms with E-state index in [2.05, 4.69) is 51.7 Å². The van der Waals surface area contributed by atoms with Gasteiger partial charge in [-0.25, -0.2) is 0 Å². The van der Waals surface area contributed by atoms with Gasteiger partial charge < -0.3 is 15.5 Å². The molecule has 0 unspecified atom stereocenters. The van der Waals surface area contributed by atoms with Crippen LogP contribution in [0.25, 0.3) is 0 Å². The summed E-state index contributed by atoms with van der Waals surface area (Å²) in [5.41, 5.74) is 2.47. The minimum absolute atomic E-state index is 0.791. The summed E-state index contributed by atoms with van der Waals surface area (Å²) >= 11 is 0. The van der Waals surface area contributed by atoms with Crippen molar-refractivity contribution in [2.45, 2.75) is 26.3 Å². The number of nitrogens with zero attached hydrogens (tertiary/aromatic N) is 2. The van der Waals surface area contributed by atoms with Gasteiger partial charge in [-0.1, -0.05) is 25.5 Å². The fraction of sp³-hybridized carbons (Fsp3) is 0.533. The molecular formula is C15H26N4. The quantitative estimate of drug-likeness (QED) is 0.469. The molecule has 0 spiro atoms. The van der Waals surface area contributed by atoms with E-state index < -0.39 is 0 Å². The normalized spacial score (nSPS) is 11.3. The third-order valence-corrected chi connectivity index (χ3v) is 2.96. The van der Waals surface area contributed by atoms with E-state index in [-0.39, 0.29) is 0 Å². The molecule has 0 heterocycles. The molecule has 4 heteroatoms. The number of hydrogen-bond acceptors (Lipinski definition) is 2. The number of unbranched alkanes of at least 4 members (excludes halogenated alkanes) is 1. The molecule has 0 radical (unpaired) electrons. The minimum atomic E-state index is 0.791. The maximum atomic E-state index is 4.21. The topological polar surface area (TPSA) is 39.7 Å². The zero-order valence-electron chi connectivity index (χ0n) is 12.5. The van der Waals surface area contributed by atoms with Crippen molar-refractivity contribution in [2.24, 2.45) is 4.99 Å². The fourth-order valence-corrected chi connectivity index (χ4v) is 1.70. The summed E-state index contributed by atoms with van der Waals surface area (Å²) in [7, 11) is 5.90. The molecule has 0 aliphatic heterocycles. The first-order chi connectivity index (χ1) is 9.17. The third-order valence-electron chi connectivity index (χ3n) is 2.96. The number of benzene rings is 1. The fourth-order valence-electron chi connectivity index (χ4n) is 1.70. The molecular weight excluding hydrogens is 236 g/mol. The first-order valence-electron chi connectivity index (χ1n) is 6.88. The molecule has 0 bridgehead atoms. The Morgan fingerprint density at radius 3 is 2.37 bits per heavy atom. The van der Waals surface area contributed by atoms with Crippen LogP contribution < -0.4 is 15.5 Å². The van der Waals surface area contributed by atoms with Gasteiger partial charge in [0.15, 0.2) is 5.96 Å². The second-order valence-corrected chi connectivity index (χ2v) is 4.77. The van der Waals surface area contributed by atoms with Crippen LogP contribution in [0.5, 0.6) is 0 Å². The van der Waals surface area contributed by atoms with Crippen molar-refractivity contribution < 1.29 is 0 Å². The zero-order chi connectivity index (χ0) is 14.1. The van der Waals surface area contributed by atoms with E-state index in [1.165, 1.54) is 17.7 Å². The lowest BCUT2D eigenvalue weighted by Gasteiger charge is -2.14. The van der Waals surface area contributed by atoms with Crippen molar-refractivity contribution in [1.82, 2.24) is 10.6 Å². The predicted molar refractivity (Wildman–Crippen MR) is 83.9 cm³/mol. The highest BCUT2D eigenvalue weighted by Gasteiger charge is 1.99. The number of guanidine groups is 1. The lowest BCUT2D eigenvalue weighted by atomic mass is 10.2. The molecule has 0 aromatic heterocycles. The van der Waals surface area contributed by atoms with E-state index in [0.717, 1.165) is 25.5 Å². The maximum Gasteiger partial charge on any atom is 0.191 e. The van der Waals surface area contributed by atoms with E-state index in [9.17, 15) is 0 Å². The Balaban J connectivity index is 2.42. The summed E-state index contributed by atoms with van der Waals surface area (Å²) in [6, 6.07) is 8.54. The standard InChI is InChI=1S/C15H26N4/c1-5-6-11-17-15(16-2)18-12-13-7-9-14(10-8-13)19(3)4/h7-10H,5-6,11-12H2,1-4H3,(H2,16,17,18). The van der Waals surface area contributed by atoms with Gasteiger partial charge in [-0.15, -0.1) is 0 Å². The van der Waals surface area contributed by atoms with Gasteiger partial charge in [-0.05, 0) is 24.1 Å². The summed E-state index contributed by atoms with van der Waals surface area (Å²) in [5, 5.41) is 6.62. The van der Waals surface area contributed by atoms with E-state index in [1.54, 1.807) is 7.05 Å². The summed E-state index contributed by atoms with van der Waals surface area (Å²) in [4.78, 5) is 6.31. The lowest BCUT2D eigenvalue weighted by molar-refractivity contribution is 0.729. The number of aliphatic imine (C=N–C) groups is 1. The first kappa shape index (κ1) is 15.3. The number of anilines is 1. The van der Waals surface area contributed by atoms with Crippen LogP contribution in [0.1, 0.15) is 25.3 Å². The van der Waals surface area contributed by atoms with Crippen LogP contribution in [0.15, 0.2) is 29.3 Å². The van der Waals surface area contributed by atoms with Crippen LogP contribution in [0, 0.1) is 0 Å². The van der Waals surface area contributed by atoms with Crippen LogP contribution in [0.4, 0.5) is 5.69 Å². The lowest BCUT2D eigenvalue weighted by Crippen LogP contribution is -2.37. The minimum Gasteiger partial charge on any atom is -0.378 e. The number of rotatable bonds is 6. The number of nitrogens with one attached hydrogen (secondary N) is 2. The Morgan fingerprint density at radius 1 is 1.16 bits per heavy atom. The Bertz CT molecular complexity index is 382. The maximum absolute atomic E-state index is 4.21. The molecule has 0 fully saturated rings. The van der Waals surface area contributed by atoms with Gasteiger partial charge in [0, 0.05) is 39.9 Å². The van der Waals surface area contributed by atoms with Crippen LogP contribution in [0.2, 0.25) is 0 Å². The van der Waals surface area contributed by atoms with Crippen LogP contribution in [-0.2, 0) is 6.54 Å². The number of hydrogen-bond donors (Lipinski definition) is 2. The van der Waals surface area contributed by atoms with Crippen molar-refractivity contribution in [3.8, 4) is 0 Å². The molecule has 1 aromatic carbocycles. The molecule has 4 nitrogen and oxygen atoms in total. The largest absolute Gasteiger partial charge is 0.378 e. The SMILES string of the molecule is CCCCNC(=NC)NCc1ccc(N(C)C)cc1. The van der Waals surface area contributed by atoms with Crippen LogP contribution >= 0.6 is 0 Å². The molecule has 1 aromatic rings. The molecule has 106 valence electrons. The van der Waals surface area contributed by atoms with E-state index in [1.807, 2.05) is 14.1 Å². The van der Waals surface area contributed by atoms with Crippen molar-refractivity contribution in [3.63, 3.8) is 0 Å². The highest BCUT2D eigenvalue weighted by molar-refractivity contribution is 5.79. The van der Waals surface area contributed by atoms with Crippen molar-refractivity contribution in [1.29, 1.82) is 0 Å². The molecule has 19 heavy (non-hydrogen) atoms. The van der Waals surface area contributed by atoms with Crippen molar-refractivity contribution in [2.75, 3.05) is 32.6 Å². The predicted octanol–water partition coefficient (Wildman–Crippen LogP) is 2.22. The summed E-state index contributed by atoms with van der Waals surface area (Å²) in [5.74, 6) is 0.866. The monoisotopic (exact) mass is 262 g/mol. The van der Waals surface area contributed by atoms with Gasteiger partial charge in [-0.2, -0.15) is 0 Å². The van der Waals surface area contributed by atoms with Crippen LogP contribution in [0.3, 0.4) is 0 Å². The second-order valence-electron chi connectivity index (χ2n) is 4.77. The molecule has 1 rings (SSSR count). The third kappa shape index (κ3) is 5.64. The summed E-state index contributed by atoms with van der Waals surface area (Å²) in [6.45, 7) is 3.94. The van der Waals surface area contributed by atoms with E-state index in [0.29, 0.717) is 0 Å². The van der Waals surface area contributed by atoms with Crippen LogP contribution in [-0.4, -0.2) is 33.6 Å². The average molecular weight is 262 g/mol. The average Bonchev–Trinajstić information content (AvgIpc) is 2.43. The highest BCUT2D eigenvalue weighted by atomic mass is 15.2. The molecule has 0 amide bonds. The molecule has 2 N–H and O–H groups in total. The van der Waals surface area contributed by atoms with Crippen molar-refractivity contribution >= 4 is 11.6 Å². The molecule has 0 aliphatic carbocycles. The van der Waals surface area contributed by atoms with Gasteiger partial charge in [0.25, 0.3) is 0 Å². The highest BCUT2D eigenvalue weighted by Crippen LogP contribution is 2.11. The zero-order valence-corrected chi connectivity index (χ0v) is 12.5. The van der Waals surface area contributed by atoms with Gasteiger partial charge >= 0.3 is 0 Å². The van der Waals surface area contributed by atoms with Gasteiger partial charge in [0.2, 0.25) is 0 Å². The second kappa shape index (κ2) is 8.40. The summed E-state index contributed by atoms with van der Waals surface area (Å²) in [6.07, 6.45) is 2.36. The Kier molecular flexibility index (Phi) is 6.79. The van der Waals surface area contributed by atoms with Gasteiger partial charge in [0.1, 0.15) is 0 Å². The molecule has 0 saturated heterocycles. The summed E-state index contributed by atoms with van der Waals surface area (Å²) < 4.78 is 0. The Hall–Kier alpha value is -1.71. The molecule has 0 aliphatic rings. The van der Waals surface area contributed by atoms with Crippen molar-refractivity contribution in [3.05, 3.63) is 29.8 Å². The molecule has 0 atom stereocenters. The Morgan fingerprint density at radius 2 is 1.84 bits per heavy atom. The smallest absolute Gasteiger partial charge is 0.191 e. The Labute approximate surface area is 116 Å². The first-order valence-corrected chi connectivity index (χ1v) is 6.88. The van der Waals surface area contributed by atoms with E-state index >= 15 is 0 Å². The van der Waals surface area contributed by atoms with Gasteiger partial charge in [0.05, 0.1) is 0 Å².